The monoisotopic (exact) mass is 147 g/mol. The van der Waals surface area contributed by atoms with E-state index < -0.39 is 0 Å². The van der Waals surface area contributed by atoms with Crippen molar-refractivity contribution in [2.75, 3.05) is 6.54 Å². The maximum atomic E-state index is 3.62. The van der Waals surface area contributed by atoms with Crippen LogP contribution in [0.1, 0.15) is 38.5 Å². The van der Waals surface area contributed by atoms with Gasteiger partial charge in [0.05, 0.1) is 0 Å². The van der Waals surface area contributed by atoms with Crippen molar-refractivity contribution in [2.45, 2.75) is 49.7 Å². The van der Waals surface area contributed by atoms with E-state index in [1.54, 1.807) is 0 Å². The first-order chi connectivity index (χ1) is 5.43. The van der Waals surface area contributed by atoms with E-state index in [0.717, 1.165) is 6.04 Å². The molecule has 0 aromatic heterocycles. The molecule has 1 nitrogen and oxygen atoms in total. The van der Waals surface area contributed by atoms with Crippen LogP contribution in [0.25, 0.3) is 0 Å². The van der Waals surface area contributed by atoms with Crippen LogP contribution in [0.3, 0.4) is 0 Å². The molecule has 0 spiro atoms. The van der Waals surface area contributed by atoms with Crippen LogP contribution in [0.2, 0.25) is 5.09 Å². The molecular weight excluding hydrogens is 129 g/mol. The fourth-order valence-corrected chi connectivity index (χ4v) is 1.80. The van der Waals surface area contributed by atoms with E-state index in [1.165, 1.54) is 50.2 Å². The van der Waals surface area contributed by atoms with Crippen LogP contribution in [0, 0.1) is 0 Å². The summed E-state index contributed by atoms with van der Waals surface area (Å²) in [6, 6.07) is 0.845. The van der Waals surface area contributed by atoms with Gasteiger partial charge in [-0.25, -0.2) is 0 Å². The normalized spacial score (nSPS) is 26.5. The van der Waals surface area contributed by atoms with Gasteiger partial charge >= 0.3 is 79.2 Å². The Morgan fingerprint density at radius 2 is 2.18 bits per heavy atom. The van der Waals surface area contributed by atoms with Gasteiger partial charge in [0.1, 0.15) is 0 Å². The van der Waals surface area contributed by atoms with Gasteiger partial charge in [-0.1, -0.05) is 0 Å². The molecule has 0 radical (unpaired) electrons. The van der Waals surface area contributed by atoms with Crippen LogP contribution in [0.5, 0.6) is 0 Å². The Morgan fingerprint density at radius 1 is 1.27 bits per heavy atom. The van der Waals surface area contributed by atoms with E-state index in [-0.39, 0.29) is 0 Å². The quantitative estimate of drug-likeness (QED) is 0.601. The molecule has 1 saturated heterocycles. The van der Waals surface area contributed by atoms with Gasteiger partial charge in [0, 0.05) is 0 Å². The summed E-state index contributed by atoms with van der Waals surface area (Å²) in [5.74, 6) is 0. The van der Waals surface area contributed by atoms with Gasteiger partial charge in [-0.05, 0) is 0 Å². The van der Waals surface area contributed by atoms with E-state index in [9.17, 15) is 0 Å². The van der Waals surface area contributed by atoms with Gasteiger partial charge in [-0.3, -0.25) is 0 Å². The summed E-state index contributed by atoms with van der Waals surface area (Å²) in [7, 11) is 0. The third kappa shape index (κ3) is 4.21. The van der Waals surface area contributed by atoms with E-state index in [1.807, 2.05) is 0 Å². The van der Waals surface area contributed by atoms with Crippen molar-refractivity contribution in [2.24, 2.45) is 0 Å². The van der Waals surface area contributed by atoms with Crippen molar-refractivity contribution >= 4 is 17.7 Å². The fourth-order valence-electron chi connectivity index (χ4n) is 1.80. The Hall–Kier alpha value is 0.557. The minimum absolute atomic E-state index is 0.845. The van der Waals surface area contributed by atoms with Crippen molar-refractivity contribution in [3.63, 3.8) is 0 Å². The van der Waals surface area contributed by atoms with Crippen LogP contribution < -0.4 is 5.32 Å². The maximum absolute atomic E-state index is 3.62. The van der Waals surface area contributed by atoms with Gasteiger partial charge in [-0.2, -0.15) is 0 Å². The first-order valence-electron chi connectivity index (χ1n) is 5.17. The van der Waals surface area contributed by atoms with Crippen LogP contribution in [0.15, 0.2) is 0 Å². The molecule has 1 fully saturated rings. The summed E-state index contributed by atoms with van der Waals surface area (Å²) in [6.07, 6.45) is 8.49. The van der Waals surface area contributed by atoms with Gasteiger partial charge in [0.2, 0.25) is 0 Å². The van der Waals surface area contributed by atoms with Crippen molar-refractivity contribution in [1.29, 1.82) is 0 Å². The molecule has 1 N–H and O–H groups in total. The van der Waals surface area contributed by atoms with Gasteiger partial charge in [0.15, 0.2) is 0 Å². The molecule has 0 bridgehead atoms. The average Bonchev–Trinajstić information content (AvgIpc) is 2.28. The van der Waals surface area contributed by atoms with Gasteiger partial charge < -0.3 is 0 Å². The predicted molar refractivity (Wildman–Crippen MR) is 50.1 cm³/mol. The van der Waals surface area contributed by atoms with Gasteiger partial charge in [-0.15, -0.1) is 0 Å². The molecular formula is C9H18LiN. The van der Waals surface area contributed by atoms with Crippen molar-refractivity contribution in [3.8, 4) is 0 Å². The molecule has 60 valence electrons. The van der Waals surface area contributed by atoms with Crippen LogP contribution in [-0.2, 0) is 0 Å². The number of rotatable bonds is 3. The van der Waals surface area contributed by atoms with Crippen molar-refractivity contribution in [3.05, 3.63) is 0 Å². The summed E-state index contributed by atoms with van der Waals surface area (Å²) in [4.78, 5) is 0. The van der Waals surface area contributed by atoms with E-state index in [4.69, 9.17) is 0 Å². The van der Waals surface area contributed by atoms with Crippen LogP contribution in [-0.4, -0.2) is 30.3 Å². The van der Waals surface area contributed by atoms with E-state index in [2.05, 4.69) is 23.0 Å². The zero-order valence-corrected chi connectivity index (χ0v) is 7.73. The SMILES string of the molecule is [Li][CH2]CCC1CCCCCN1. The molecule has 1 aliphatic heterocycles. The van der Waals surface area contributed by atoms with Crippen LogP contribution >= 0.6 is 0 Å². The van der Waals surface area contributed by atoms with Crippen molar-refractivity contribution in [1.82, 2.24) is 5.32 Å². The zero-order chi connectivity index (χ0) is 7.94. The third-order valence-corrected chi connectivity index (χ3v) is 2.57. The second-order valence-corrected chi connectivity index (χ2v) is 3.64. The molecule has 1 heterocycles. The fraction of sp³-hybridized carbons (Fsp3) is 1.00. The summed E-state index contributed by atoms with van der Waals surface area (Å²) in [6.45, 7) is 1.26. The van der Waals surface area contributed by atoms with Crippen molar-refractivity contribution < 1.29 is 0 Å². The Kier molecular flexibility index (Phi) is 5.36. The summed E-state index contributed by atoms with van der Waals surface area (Å²) in [5.41, 5.74) is 0. The molecule has 0 amide bonds. The second-order valence-electron chi connectivity index (χ2n) is 3.64. The second kappa shape index (κ2) is 6.12. The molecule has 0 aromatic rings. The van der Waals surface area contributed by atoms with E-state index in [0.29, 0.717) is 0 Å². The van der Waals surface area contributed by atoms with Gasteiger partial charge in [0.25, 0.3) is 0 Å². The topological polar surface area (TPSA) is 12.0 Å². The molecule has 1 atom stereocenters. The first-order valence-corrected chi connectivity index (χ1v) is 5.17. The molecule has 11 heavy (non-hydrogen) atoms. The standard InChI is InChI=1S/C9H18N.Li/c1-2-6-9-7-4-3-5-8-10-9;/h9-10H,1-8H2;. The Labute approximate surface area is 79.5 Å². The minimum atomic E-state index is 0.845. The number of hydrogen-bond acceptors (Lipinski definition) is 1. The van der Waals surface area contributed by atoms with Crippen LogP contribution in [0.4, 0.5) is 0 Å². The molecule has 0 aromatic carbocycles. The molecule has 2 heteroatoms. The summed E-state index contributed by atoms with van der Waals surface area (Å²) in [5, 5.41) is 4.96. The third-order valence-electron chi connectivity index (χ3n) is 2.57. The molecule has 0 aliphatic carbocycles. The molecule has 1 aliphatic rings. The molecule has 0 saturated carbocycles. The molecule has 1 unspecified atom stereocenters. The Morgan fingerprint density at radius 3 is 3.00 bits per heavy atom. The first kappa shape index (κ1) is 9.64. The Bertz CT molecular complexity index is 87.6. The summed E-state index contributed by atoms with van der Waals surface area (Å²) >= 11 is 2.27. The molecule has 1 rings (SSSR count). The Balaban J connectivity index is 2.09. The zero-order valence-electron chi connectivity index (χ0n) is 7.73. The average molecular weight is 147 g/mol. The number of nitrogens with one attached hydrogen (secondary N) is 1. The van der Waals surface area contributed by atoms with E-state index >= 15 is 0 Å². The number of hydrogen-bond donors (Lipinski definition) is 1. The predicted octanol–water partition coefficient (Wildman–Crippen LogP) is 1.89. The summed E-state index contributed by atoms with van der Waals surface area (Å²) < 4.78 is 0.